The number of amidine groups is 1. The number of anilines is 4. The van der Waals surface area contributed by atoms with Crippen molar-refractivity contribution in [1.29, 1.82) is 0 Å². The van der Waals surface area contributed by atoms with Crippen molar-refractivity contribution >= 4 is 28.8 Å². The smallest absolute Gasteiger partial charge is 0.227 e. The molecule has 186 valence electrons. The highest BCUT2D eigenvalue weighted by molar-refractivity contribution is 5.99. The summed E-state index contributed by atoms with van der Waals surface area (Å²) in [7, 11) is 0. The first-order valence-electron chi connectivity index (χ1n) is 12.1. The Morgan fingerprint density at radius 3 is 2.54 bits per heavy atom. The molecular formula is C27H25FN8O. The highest BCUT2D eigenvalue weighted by Gasteiger charge is 2.18. The van der Waals surface area contributed by atoms with Crippen LogP contribution < -0.4 is 20.7 Å². The molecule has 0 spiro atoms. The van der Waals surface area contributed by atoms with Crippen LogP contribution in [-0.4, -0.2) is 53.8 Å². The summed E-state index contributed by atoms with van der Waals surface area (Å²) in [6.45, 7) is 3.23. The summed E-state index contributed by atoms with van der Waals surface area (Å²) in [5.41, 5.74) is 8.05. The second-order valence-corrected chi connectivity index (χ2v) is 8.64. The van der Waals surface area contributed by atoms with Gasteiger partial charge in [0, 0.05) is 42.4 Å². The molecule has 1 fully saturated rings. The van der Waals surface area contributed by atoms with Gasteiger partial charge in [0.1, 0.15) is 18.2 Å². The molecule has 2 aliphatic heterocycles. The van der Waals surface area contributed by atoms with Gasteiger partial charge < -0.3 is 15.0 Å². The highest BCUT2D eigenvalue weighted by Crippen LogP contribution is 2.27. The van der Waals surface area contributed by atoms with Gasteiger partial charge in [0.05, 0.1) is 24.6 Å². The Balaban J connectivity index is 1.14. The fourth-order valence-corrected chi connectivity index (χ4v) is 4.29. The third-order valence-electron chi connectivity index (χ3n) is 6.16. The van der Waals surface area contributed by atoms with Crippen molar-refractivity contribution in [2.45, 2.75) is 0 Å². The van der Waals surface area contributed by atoms with E-state index in [9.17, 15) is 4.39 Å². The minimum atomic E-state index is -0.298. The quantitative estimate of drug-likeness (QED) is 0.414. The van der Waals surface area contributed by atoms with Crippen LogP contribution in [0.5, 0.6) is 0 Å². The number of benzene rings is 2. The first kappa shape index (κ1) is 22.9. The van der Waals surface area contributed by atoms with Crippen molar-refractivity contribution in [2.24, 2.45) is 4.99 Å². The zero-order chi connectivity index (χ0) is 25.0. The number of nitrogens with one attached hydrogen (secondary N) is 2. The Labute approximate surface area is 213 Å². The van der Waals surface area contributed by atoms with Crippen molar-refractivity contribution < 1.29 is 9.13 Å². The van der Waals surface area contributed by atoms with E-state index < -0.39 is 0 Å². The van der Waals surface area contributed by atoms with Gasteiger partial charge in [-0.2, -0.15) is 0 Å². The lowest BCUT2D eigenvalue weighted by atomic mass is 10.1. The summed E-state index contributed by atoms with van der Waals surface area (Å²) in [6.07, 6.45) is 3.42. The van der Waals surface area contributed by atoms with E-state index in [-0.39, 0.29) is 5.82 Å². The van der Waals surface area contributed by atoms with Crippen molar-refractivity contribution in [3.8, 4) is 11.3 Å². The molecule has 6 rings (SSSR count). The molecule has 2 aromatic heterocycles. The van der Waals surface area contributed by atoms with Gasteiger partial charge in [0.15, 0.2) is 5.84 Å². The number of halogens is 1. The molecule has 0 aliphatic carbocycles. The first-order chi connectivity index (χ1) is 18.2. The highest BCUT2D eigenvalue weighted by atomic mass is 19.1. The van der Waals surface area contributed by atoms with Gasteiger partial charge in [-0.05, 0) is 60.7 Å². The molecular weight excluding hydrogens is 471 g/mol. The minimum Gasteiger partial charge on any atom is -0.378 e. The predicted molar refractivity (Wildman–Crippen MR) is 141 cm³/mol. The second-order valence-electron chi connectivity index (χ2n) is 8.64. The van der Waals surface area contributed by atoms with Crippen LogP contribution in [-0.2, 0) is 4.74 Å². The van der Waals surface area contributed by atoms with Gasteiger partial charge in [-0.3, -0.25) is 15.4 Å². The molecule has 0 radical (unpaired) electrons. The van der Waals surface area contributed by atoms with Crippen LogP contribution in [0, 0.1) is 5.82 Å². The van der Waals surface area contributed by atoms with Crippen molar-refractivity contribution in [1.82, 2.24) is 20.4 Å². The van der Waals surface area contributed by atoms with Crippen LogP contribution >= 0.6 is 0 Å². The number of aromatic nitrogens is 3. The van der Waals surface area contributed by atoms with Gasteiger partial charge >= 0.3 is 0 Å². The molecule has 0 unspecified atom stereocenters. The third-order valence-corrected chi connectivity index (χ3v) is 6.16. The molecule has 4 aromatic rings. The fourth-order valence-electron chi connectivity index (χ4n) is 4.29. The van der Waals surface area contributed by atoms with Crippen LogP contribution in [0.15, 0.2) is 84.1 Å². The Morgan fingerprint density at radius 2 is 1.73 bits per heavy atom. The van der Waals surface area contributed by atoms with Crippen molar-refractivity contribution in [3.05, 3.63) is 90.6 Å². The topological polar surface area (TPSA) is 90.8 Å². The number of aliphatic imine (C=N–C) groups is 1. The molecule has 0 saturated carbocycles. The standard InChI is InChI=1S/C27H25FN8O/c28-20-15-19(16-23(17-20)35-11-13-37-14-12-35)24-8-10-30-27(33-24)32-21-4-6-22(7-5-21)36-18-31-26(34-36)25-3-1-2-9-29-25/h1-10,15-17H,11-14,18H2,(H,31,34)(H,30,32,33). The monoisotopic (exact) mass is 496 g/mol. The Morgan fingerprint density at radius 1 is 0.865 bits per heavy atom. The zero-order valence-electron chi connectivity index (χ0n) is 20.0. The van der Waals surface area contributed by atoms with Gasteiger partial charge in [-0.25, -0.2) is 19.4 Å². The lowest BCUT2D eigenvalue weighted by Crippen LogP contribution is -2.36. The lowest BCUT2D eigenvalue weighted by Gasteiger charge is -2.29. The minimum absolute atomic E-state index is 0.298. The molecule has 10 heteroatoms. The maximum absolute atomic E-state index is 14.5. The van der Waals surface area contributed by atoms with E-state index in [0.29, 0.717) is 37.1 Å². The predicted octanol–water partition coefficient (Wildman–Crippen LogP) is 3.99. The molecule has 2 aromatic carbocycles. The molecule has 9 nitrogen and oxygen atoms in total. The van der Waals surface area contributed by atoms with E-state index in [1.165, 1.54) is 6.07 Å². The molecule has 4 heterocycles. The summed E-state index contributed by atoms with van der Waals surface area (Å²) < 4.78 is 19.9. The van der Waals surface area contributed by atoms with E-state index >= 15 is 0 Å². The van der Waals surface area contributed by atoms with Crippen LogP contribution in [0.1, 0.15) is 5.69 Å². The van der Waals surface area contributed by atoms with Crippen molar-refractivity contribution in [2.75, 3.05) is 48.2 Å². The maximum Gasteiger partial charge on any atom is 0.227 e. The van der Waals surface area contributed by atoms with Gasteiger partial charge in [-0.1, -0.05) is 6.07 Å². The number of rotatable bonds is 6. The molecule has 2 N–H and O–H groups in total. The van der Waals surface area contributed by atoms with Gasteiger partial charge in [0.2, 0.25) is 5.95 Å². The number of hydrazine groups is 1. The fraction of sp³-hybridized carbons (Fsp3) is 0.185. The van der Waals surface area contributed by atoms with E-state index in [1.54, 1.807) is 24.5 Å². The summed E-state index contributed by atoms with van der Waals surface area (Å²) in [6, 6.07) is 20.4. The van der Waals surface area contributed by atoms with Gasteiger partial charge in [0.25, 0.3) is 0 Å². The zero-order valence-corrected chi connectivity index (χ0v) is 20.0. The number of hydrogen-bond acceptors (Lipinski definition) is 9. The number of nitrogens with zero attached hydrogens (tertiary/aromatic N) is 6. The number of ether oxygens (including phenoxy) is 1. The van der Waals surface area contributed by atoms with E-state index in [1.807, 2.05) is 53.5 Å². The maximum atomic E-state index is 14.5. The van der Waals surface area contributed by atoms with E-state index in [4.69, 9.17) is 4.74 Å². The van der Waals surface area contributed by atoms with Gasteiger partial charge in [-0.15, -0.1) is 0 Å². The Hall–Kier alpha value is -4.57. The van der Waals surface area contributed by atoms with E-state index in [2.05, 4.69) is 35.6 Å². The number of morpholine rings is 1. The summed E-state index contributed by atoms with van der Waals surface area (Å²) >= 11 is 0. The molecule has 37 heavy (non-hydrogen) atoms. The average Bonchev–Trinajstić information content (AvgIpc) is 3.45. The Kier molecular flexibility index (Phi) is 6.30. The molecule has 1 saturated heterocycles. The number of hydrogen-bond donors (Lipinski definition) is 2. The summed E-state index contributed by atoms with van der Waals surface area (Å²) in [4.78, 5) is 20.0. The molecule has 0 atom stereocenters. The second kappa shape index (κ2) is 10.2. The lowest BCUT2D eigenvalue weighted by molar-refractivity contribution is 0.122. The van der Waals surface area contributed by atoms with Crippen LogP contribution in [0.4, 0.5) is 27.4 Å². The van der Waals surface area contributed by atoms with Crippen LogP contribution in [0.25, 0.3) is 11.3 Å². The molecule has 0 amide bonds. The Bertz CT molecular complexity index is 1410. The molecule has 2 aliphatic rings. The first-order valence-corrected chi connectivity index (χ1v) is 12.1. The largest absolute Gasteiger partial charge is 0.378 e. The SMILES string of the molecule is Fc1cc(-c2ccnc(Nc3ccc(N4CN=C(c5ccccn5)N4)cc3)n2)cc(N2CCOCC2)c1. The van der Waals surface area contributed by atoms with Crippen LogP contribution in [0.3, 0.4) is 0 Å². The summed E-state index contributed by atoms with van der Waals surface area (Å²) in [5, 5.41) is 5.18. The molecule has 0 bridgehead atoms. The van der Waals surface area contributed by atoms with E-state index in [0.717, 1.165) is 41.7 Å². The normalized spacial score (nSPS) is 15.3. The average molecular weight is 497 g/mol. The third kappa shape index (κ3) is 5.19. The van der Waals surface area contributed by atoms with Crippen LogP contribution in [0.2, 0.25) is 0 Å². The van der Waals surface area contributed by atoms with Crippen molar-refractivity contribution in [3.63, 3.8) is 0 Å². The summed E-state index contributed by atoms with van der Waals surface area (Å²) in [5.74, 6) is 0.873. The number of pyridine rings is 1.